The third kappa shape index (κ3) is 6.24. The van der Waals surface area contributed by atoms with Crippen molar-refractivity contribution in [2.24, 2.45) is 11.8 Å². The van der Waals surface area contributed by atoms with Crippen LogP contribution in [0.3, 0.4) is 0 Å². The number of nitrogens with one attached hydrogen (secondary N) is 1. The number of pyridine rings is 1. The topological polar surface area (TPSA) is 99.6 Å². The third-order valence-electron chi connectivity index (χ3n) is 7.11. The average Bonchev–Trinajstić information content (AvgIpc) is 3.23. The lowest BCUT2D eigenvalue weighted by Crippen LogP contribution is -2.32. The van der Waals surface area contributed by atoms with E-state index in [9.17, 15) is 31.5 Å². The molecule has 2 aromatic rings. The Balaban J connectivity index is 1.35. The van der Waals surface area contributed by atoms with Crippen LogP contribution in [0.4, 0.5) is 13.2 Å². The number of rotatable bonds is 7. The minimum Gasteiger partial charge on any atom is -0.394 e. The Bertz CT molecular complexity index is 1190. The standard InChI is InChI=1S/C25H30F3N3O4S/c1-36(34,35)21-8-4-17(5-9-21)23(15-32)30-24(33)18-10-19-13-31(14-22(19)29-11-18)12-16-2-6-20(7-3-16)25(26,27)28/h4-5,8-11,16,20,23,32H,2-3,6-7,12-15H2,1H3,(H,30,33)/t16-,20+,23-/m0/s1. The Labute approximate surface area is 208 Å². The first-order chi connectivity index (χ1) is 16.9. The molecule has 4 rings (SSSR count). The number of carbonyl (C=O) groups excluding carboxylic acids is 1. The highest BCUT2D eigenvalue weighted by Crippen LogP contribution is 2.40. The van der Waals surface area contributed by atoms with E-state index in [4.69, 9.17) is 0 Å². The molecule has 0 spiro atoms. The molecule has 1 aliphatic carbocycles. The first-order valence-electron chi connectivity index (χ1n) is 11.9. The highest BCUT2D eigenvalue weighted by Gasteiger charge is 2.41. The number of aliphatic hydroxyl groups excluding tert-OH is 1. The lowest BCUT2D eigenvalue weighted by atomic mass is 9.81. The highest BCUT2D eigenvalue weighted by molar-refractivity contribution is 7.90. The summed E-state index contributed by atoms with van der Waals surface area (Å²) in [5.74, 6) is -1.38. The monoisotopic (exact) mass is 525 g/mol. The summed E-state index contributed by atoms with van der Waals surface area (Å²) >= 11 is 0. The van der Waals surface area contributed by atoms with Gasteiger partial charge in [-0.15, -0.1) is 0 Å². The van der Waals surface area contributed by atoms with E-state index in [0.29, 0.717) is 43.6 Å². The molecule has 2 heterocycles. The van der Waals surface area contributed by atoms with Crippen LogP contribution in [0.2, 0.25) is 0 Å². The fourth-order valence-corrected chi connectivity index (χ4v) is 5.67. The maximum Gasteiger partial charge on any atom is 0.391 e. The van der Waals surface area contributed by atoms with E-state index in [1.165, 1.54) is 18.3 Å². The second-order valence-corrected chi connectivity index (χ2v) is 11.8. The number of amides is 1. The van der Waals surface area contributed by atoms with Crippen LogP contribution in [0.25, 0.3) is 0 Å². The number of sulfone groups is 1. The van der Waals surface area contributed by atoms with Crippen LogP contribution < -0.4 is 5.32 Å². The number of aliphatic hydroxyl groups is 1. The molecular formula is C25H30F3N3O4S. The molecule has 1 atom stereocenters. The van der Waals surface area contributed by atoms with Crippen molar-refractivity contribution in [1.82, 2.24) is 15.2 Å². The Hall–Kier alpha value is -2.50. The molecule has 1 amide bonds. The van der Waals surface area contributed by atoms with Crippen molar-refractivity contribution in [1.29, 1.82) is 0 Å². The fraction of sp³-hybridized carbons (Fsp3) is 0.520. The van der Waals surface area contributed by atoms with Crippen LogP contribution in [0.5, 0.6) is 0 Å². The van der Waals surface area contributed by atoms with Gasteiger partial charge in [-0.25, -0.2) is 8.42 Å². The van der Waals surface area contributed by atoms with Gasteiger partial charge in [0.15, 0.2) is 9.84 Å². The van der Waals surface area contributed by atoms with Crippen molar-refractivity contribution in [3.8, 4) is 0 Å². The molecule has 196 valence electrons. The van der Waals surface area contributed by atoms with E-state index < -0.39 is 33.9 Å². The van der Waals surface area contributed by atoms with Crippen molar-refractivity contribution in [2.75, 3.05) is 19.4 Å². The molecule has 2 N–H and O–H groups in total. The summed E-state index contributed by atoms with van der Waals surface area (Å²) in [5.41, 5.74) is 2.67. The zero-order valence-corrected chi connectivity index (χ0v) is 20.8. The molecule has 0 bridgehead atoms. The maximum atomic E-state index is 12.9. The SMILES string of the molecule is CS(=O)(=O)c1ccc([C@H](CO)NC(=O)c2cnc3c(c2)CN(C[C@H]2CC[C@@H](C(F)(F)F)CC2)C3)cc1. The van der Waals surface area contributed by atoms with Gasteiger partial charge in [-0.2, -0.15) is 13.2 Å². The molecule has 1 aliphatic heterocycles. The summed E-state index contributed by atoms with van der Waals surface area (Å²) in [6.07, 6.45) is -0.0376. The predicted octanol–water partition coefficient (Wildman–Crippen LogP) is 3.63. The lowest BCUT2D eigenvalue weighted by Gasteiger charge is -2.32. The largest absolute Gasteiger partial charge is 0.394 e. The van der Waals surface area contributed by atoms with Gasteiger partial charge in [0.1, 0.15) is 0 Å². The van der Waals surface area contributed by atoms with E-state index in [1.54, 1.807) is 18.2 Å². The third-order valence-corrected chi connectivity index (χ3v) is 8.24. The summed E-state index contributed by atoms with van der Waals surface area (Å²) in [7, 11) is -3.35. The molecule has 0 radical (unpaired) electrons. The summed E-state index contributed by atoms with van der Waals surface area (Å²) in [6, 6.07) is 7.01. The molecule has 11 heteroatoms. The van der Waals surface area contributed by atoms with E-state index >= 15 is 0 Å². The van der Waals surface area contributed by atoms with Gasteiger partial charge < -0.3 is 10.4 Å². The number of aromatic nitrogens is 1. The minimum atomic E-state index is -4.11. The van der Waals surface area contributed by atoms with E-state index in [0.717, 1.165) is 17.5 Å². The normalized spacial score (nSPS) is 21.7. The Morgan fingerprint density at radius 2 is 1.83 bits per heavy atom. The van der Waals surface area contributed by atoms with Gasteiger partial charge in [-0.3, -0.25) is 14.7 Å². The van der Waals surface area contributed by atoms with Gasteiger partial charge >= 0.3 is 6.18 Å². The fourth-order valence-electron chi connectivity index (χ4n) is 5.04. The van der Waals surface area contributed by atoms with Crippen LogP contribution in [-0.4, -0.2) is 54.9 Å². The Kier molecular flexibility index (Phi) is 7.72. The van der Waals surface area contributed by atoms with Crippen molar-refractivity contribution < 1.29 is 31.5 Å². The van der Waals surface area contributed by atoms with Crippen molar-refractivity contribution in [3.63, 3.8) is 0 Å². The number of hydrogen-bond donors (Lipinski definition) is 2. The first kappa shape index (κ1) is 26.6. The Morgan fingerprint density at radius 3 is 2.42 bits per heavy atom. The molecule has 1 fully saturated rings. The number of halogens is 3. The number of nitrogens with zero attached hydrogens (tertiary/aromatic N) is 2. The van der Waals surface area contributed by atoms with Crippen molar-refractivity contribution in [2.45, 2.75) is 55.9 Å². The molecule has 0 unspecified atom stereocenters. The minimum absolute atomic E-state index is 0.148. The number of carbonyl (C=O) groups is 1. The van der Waals surface area contributed by atoms with E-state index in [2.05, 4.69) is 15.2 Å². The molecule has 2 aliphatic rings. The van der Waals surface area contributed by atoms with Crippen molar-refractivity contribution >= 4 is 15.7 Å². The Morgan fingerprint density at radius 1 is 1.17 bits per heavy atom. The molecular weight excluding hydrogens is 495 g/mol. The first-order valence-corrected chi connectivity index (χ1v) is 13.8. The molecule has 7 nitrogen and oxygen atoms in total. The summed E-state index contributed by atoms with van der Waals surface area (Å²) in [4.78, 5) is 19.6. The second kappa shape index (κ2) is 10.5. The van der Waals surface area contributed by atoms with Gasteiger partial charge in [0.25, 0.3) is 5.91 Å². The molecule has 1 aromatic carbocycles. The van der Waals surface area contributed by atoms with Gasteiger partial charge in [0, 0.05) is 32.1 Å². The quantitative estimate of drug-likeness (QED) is 0.573. The van der Waals surface area contributed by atoms with Crippen molar-refractivity contribution in [3.05, 3.63) is 58.9 Å². The van der Waals surface area contributed by atoms with Crippen LogP contribution in [-0.2, 0) is 22.9 Å². The second-order valence-electron chi connectivity index (χ2n) is 9.81. The van der Waals surface area contributed by atoms with E-state index in [1.807, 2.05) is 0 Å². The van der Waals surface area contributed by atoms with Gasteiger partial charge in [-0.1, -0.05) is 12.1 Å². The molecule has 1 aromatic heterocycles. The average molecular weight is 526 g/mol. The zero-order chi connectivity index (χ0) is 26.1. The summed E-state index contributed by atoms with van der Waals surface area (Å²) < 4.78 is 62.1. The number of fused-ring (bicyclic) bond motifs is 1. The van der Waals surface area contributed by atoms with Crippen LogP contribution in [0.15, 0.2) is 41.4 Å². The van der Waals surface area contributed by atoms with Crippen LogP contribution in [0, 0.1) is 11.8 Å². The number of hydrogen-bond acceptors (Lipinski definition) is 6. The summed E-state index contributed by atoms with van der Waals surface area (Å²) in [6.45, 7) is 1.52. The molecule has 36 heavy (non-hydrogen) atoms. The predicted molar refractivity (Wildman–Crippen MR) is 127 cm³/mol. The smallest absolute Gasteiger partial charge is 0.391 e. The zero-order valence-electron chi connectivity index (χ0n) is 20.0. The summed E-state index contributed by atoms with van der Waals surface area (Å²) in [5, 5.41) is 12.6. The lowest BCUT2D eigenvalue weighted by molar-refractivity contribution is -0.184. The maximum absolute atomic E-state index is 12.9. The van der Waals surface area contributed by atoms with Gasteiger partial charge in [0.05, 0.1) is 34.7 Å². The molecule has 1 saturated carbocycles. The molecule has 0 saturated heterocycles. The van der Waals surface area contributed by atoms with Gasteiger partial charge in [0.2, 0.25) is 0 Å². The van der Waals surface area contributed by atoms with E-state index in [-0.39, 0.29) is 30.3 Å². The number of benzene rings is 1. The van der Waals surface area contributed by atoms with Gasteiger partial charge in [-0.05, 0) is 60.9 Å². The number of alkyl halides is 3. The highest BCUT2D eigenvalue weighted by atomic mass is 32.2. The van der Waals surface area contributed by atoms with Crippen LogP contribution in [0.1, 0.15) is 58.9 Å². The van der Waals surface area contributed by atoms with Crippen LogP contribution >= 0.6 is 0 Å².